The van der Waals surface area contributed by atoms with Gasteiger partial charge in [-0.3, -0.25) is 4.79 Å². The molecule has 3 nitrogen and oxygen atoms in total. The van der Waals surface area contributed by atoms with Gasteiger partial charge in [-0.2, -0.15) is 0 Å². The average Bonchev–Trinajstić information content (AvgIpc) is 2.47. The Balaban J connectivity index is 1.89. The molecule has 0 heterocycles. The summed E-state index contributed by atoms with van der Waals surface area (Å²) in [4.78, 5) is 12.8. The summed E-state index contributed by atoms with van der Waals surface area (Å²) in [5.41, 5.74) is 8.50. The van der Waals surface area contributed by atoms with Crippen molar-refractivity contribution in [2.45, 2.75) is 18.2 Å². The zero-order valence-electron chi connectivity index (χ0n) is 11.7. The molecule has 0 aliphatic carbocycles. The van der Waals surface area contributed by atoms with Gasteiger partial charge in [0, 0.05) is 21.3 Å². The van der Waals surface area contributed by atoms with Crippen LogP contribution in [0.25, 0.3) is 0 Å². The maximum atomic E-state index is 11.9. The lowest BCUT2D eigenvalue weighted by Gasteiger charge is -2.07. The zero-order chi connectivity index (χ0) is 15.2. The molecule has 1 amide bonds. The number of carbonyl (C=O) groups excluding carboxylic acids is 1. The van der Waals surface area contributed by atoms with E-state index in [-0.39, 0.29) is 5.91 Å². The predicted molar refractivity (Wildman–Crippen MR) is 91.0 cm³/mol. The second-order valence-corrected chi connectivity index (χ2v) is 6.02. The highest BCUT2D eigenvalue weighted by molar-refractivity contribution is 8.00. The Hall–Kier alpha value is -1.65. The predicted octanol–water partition coefficient (Wildman–Crippen LogP) is 4.22. The smallest absolute Gasteiger partial charge is 0.234 e. The molecule has 0 bridgehead atoms. The fourth-order valence-electron chi connectivity index (χ4n) is 1.81. The largest absolute Gasteiger partial charge is 0.398 e. The number of aryl methyl sites for hydroxylation is 1. The Morgan fingerprint density at radius 1 is 1.24 bits per heavy atom. The molecule has 2 aromatic rings. The maximum Gasteiger partial charge on any atom is 0.234 e. The lowest BCUT2D eigenvalue weighted by molar-refractivity contribution is -0.113. The van der Waals surface area contributed by atoms with Crippen LogP contribution in [0, 0.1) is 0 Å². The molecule has 2 rings (SSSR count). The Kier molecular flexibility index (Phi) is 5.53. The van der Waals surface area contributed by atoms with Crippen LogP contribution in [-0.4, -0.2) is 11.7 Å². The minimum Gasteiger partial charge on any atom is -0.398 e. The van der Waals surface area contributed by atoms with Gasteiger partial charge in [0.05, 0.1) is 5.75 Å². The molecule has 0 radical (unpaired) electrons. The van der Waals surface area contributed by atoms with E-state index >= 15 is 0 Å². The minimum absolute atomic E-state index is 0.0569. The van der Waals surface area contributed by atoms with Gasteiger partial charge in [-0.1, -0.05) is 30.7 Å². The molecule has 0 saturated heterocycles. The van der Waals surface area contributed by atoms with E-state index in [2.05, 4.69) is 12.2 Å². The highest BCUT2D eigenvalue weighted by atomic mass is 35.5. The highest BCUT2D eigenvalue weighted by Crippen LogP contribution is 2.27. The molecular weight excluding hydrogens is 304 g/mol. The van der Waals surface area contributed by atoms with E-state index < -0.39 is 0 Å². The highest BCUT2D eigenvalue weighted by Gasteiger charge is 2.06. The van der Waals surface area contributed by atoms with E-state index in [0.717, 1.165) is 17.0 Å². The number of carbonyl (C=O) groups is 1. The van der Waals surface area contributed by atoms with Crippen LogP contribution >= 0.6 is 23.4 Å². The first-order valence-corrected chi connectivity index (χ1v) is 8.01. The van der Waals surface area contributed by atoms with Crippen LogP contribution in [0.3, 0.4) is 0 Å². The number of nitrogens with one attached hydrogen (secondary N) is 1. The first kappa shape index (κ1) is 15.7. The fraction of sp³-hybridized carbons (Fsp3) is 0.188. The average molecular weight is 321 g/mol. The summed E-state index contributed by atoms with van der Waals surface area (Å²) >= 11 is 7.24. The first-order valence-electron chi connectivity index (χ1n) is 6.65. The van der Waals surface area contributed by atoms with Crippen molar-refractivity contribution in [1.82, 2.24) is 0 Å². The Labute approximate surface area is 133 Å². The summed E-state index contributed by atoms with van der Waals surface area (Å²) in [6, 6.07) is 13.1. The topological polar surface area (TPSA) is 55.1 Å². The summed E-state index contributed by atoms with van der Waals surface area (Å²) in [7, 11) is 0. The Morgan fingerprint density at radius 2 is 1.95 bits per heavy atom. The number of nitrogen functional groups attached to an aromatic ring is 1. The third-order valence-electron chi connectivity index (χ3n) is 2.98. The van der Waals surface area contributed by atoms with Crippen molar-refractivity contribution < 1.29 is 4.79 Å². The molecule has 0 aromatic heterocycles. The van der Waals surface area contributed by atoms with Crippen LogP contribution in [0.4, 0.5) is 11.4 Å². The molecule has 0 atom stereocenters. The number of hydrogen-bond acceptors (Lipinski definition) is 3. The van der Waals surface area contributed by atoms with E-state index in [9.17, 15) is 4.79 Å². The number of benzene rings is 2. The number of nitrogens with two attached hydrogens (primary N) is 1. The normalized spacial score (nSPS) is 10.4. The summed E-state index contributed by atoms with van der Waals surface area (Å²) in [6.07, 6.45) is 0.986. The van der Waals surface area contributed by atoms with Crippen LogP contribution in [-0.2, 0) is 11.2 Å². The van der Waals surface area contributed by atoms with Gasteiger partial charge in [-0.15, -0.1) is 11.8 Å². The number of amides is 1. The van der Waals surface area contributed by atoms with E-state index in [0.29, 0.717) is 16.5 Å². The summed E-state index contributed by atoms with van der Waals surface area (Å²) < 4.78 is 0. The van der Waals surface area contributed by atoms with Gasteiger partial charge in [-0.05, 0) is 42.3 Å². The lowest BCUT2D eigenvalue weighted by Crippen LogP contribution is -2.14. The van der Waals surface area contributed by atoms with E-state index in [4.69, 9.17) is 17.3 Å². The van der Waals surface area contributed by atoms with Gasteiger partial charge in [0.25, 0.3) is 0 Å². The molecule has 0 saturated carbocycles. The summed E-state index contributed by atoms with van der Waals surface area (Å²) in [5, 5.41) is 3.46. The van der Waals surface area contributed by atoms with E-state index in [1.54, 1.807) is 12.1 Å². The van der Waals surface area contributed by atoms with Crippen molar-refractivity contribution in [3.05, 3.63) is 53.1 Å². The third-order valence-corrected chi connectivity index (χ3v) is 4.30. The van der Waals surface area contributed by atoms with Crippen LogP contribution in [0.2, 0.25) is 5.02 Å². The second-order valence-electron chi connectivity index (χ2n) is 4.57. The van der Waals surface area contributed by atoms with Crippen LogP contribution in [0.1, 0.15) is 12.5 Å². The van der Waals surface area contributed by atoms with Crippen LogP contribution in [0.5, 0.6) is 0 Å². The van der Waals surface area contributed by atoms with Crippen molar-refractivity contribution in [2.24, 2.45) is 0 Å². The number of halogens is 1. The van der Waals surface area contributed by atoms with Gasteiger partial charge in [-0.25, -0.2) is 0 Å². The molecule has 3 N–H and O–H groups in total. The number of anilines is 2. The molecule has 0 spiro atoms. The maximum absolute atomic E-state index is 11.9. The summed E-state index contributed by atoms with van der Waals surface area (Å²) in [5.74, 6) is 0.250. The number of hydrogen-bond donors (Lipinski definition) is 2. The summed E-state index contributed by atoms with van der Waals surface area (Å²) in [6.45, 7) is 2.10. The van der Waals surface area contributed by atoms with E-state index in [1.165, 1.54) is 17.3 Å². The lowest BCUT2D eigenvalue weighted by atomic mass is 10.1. The fourth-order valence-corrected chi connectivity index (χ4v) is 2.74. The van der Waals surface area contributed by atoms with Crippen LogP contribution < -0.4 is 11.1 Å². The molecule has 0 unspecified atom stereocenters. The molecule has 0 fully saturated rings. The number of rotatable bonds is 5. The molecule has 21 heavy (non-hydrogen) atoms. The van der Waals surface area contributed by atoms with Gasteiger partial charge in [0.2, 0.25) is 5.91 Å². The van der Waals surface area contributed by atoms with Gasteiger partial charge in [0.1, 0.15) is 0 Å². The Bertz CT molecular complexity index is 629. The van der Waals surface area contributed by atoms with Gasteiger partial charge >= 0.3 is 0 Å². The van der Waals surface area contributed by atoms with Crippen molar-refractivity contribution in [3.8, 4) is 0 Å². The number of thioether (sulfide) groups is 1. The van der Waals surface area contributed by atoms with Crippen molar-refractivity contribution in [1.29, 1.82) is 0 Å². The standard InChI is InChI=1S/C16H17ClN2OS/c1-2-11-3-6-13(7-4-11)19-16(20)10-21-15-8-5-12(17)9-14(15)18/h3-9H,2,10,18H2,1H3,(H,19,20). The monoisotopic (exact) mass is 320 g/mol. The third kappa shape index (κ3) is 4.69. The molecular formula is C16H17ClN2OS. The van der Waals surface area contributed by atoms with Gasteiger partial charge in [0.15, 0.2) is 0 Å². The van der Waals surface area contributed by atoms with Gasteiger partial charge < -0.3 is 11.1 Å². The first-order chi connectivity index (χ1) is 10.1. The molecule has 2 aromatic carbocycles. The minimum atomic E-state index is -0.0569. The van der Waals surface area contributed by atoms with Crippen molar-refractivity contribution in [2.75, 3.05) is 16.8 Å². The van der Waals surface area contributed by atoms with Crippen LogP contribution in [0.15, 0.2) is 47.4 Å². The van der Waals surface area contributed by atoms with Crippen molar-refractivity contribution in [3.63, 3.8) is 0 Å². The quantitative estimate of drug-likeness (QED) is 0.640. The van der Waals surface area contributed by atoms with E-state index in [1.807, 2.05) is 30.3 Å². The second kappa shape index (κ2) is 7.38. The Morgan fingerprint density at radius 3 is 2.57 bits per heavy atom. The zero-order valence-corrected chi connectivity index (χ0v) is 13.3. The molecule has 0 aliphatic heterocycles. The molecule has 5 heteroatoms. The molecule has 110 valence electrons. The van der Waals surface area contributed by atoms with Crippen molar-refractivity contribution >= 4 is 40.6 Å². The SMILES string of the molecule is CCc1ccc(NC(=O)CSc2ccc(Cl)cc2N)cc1. The molecule has 0 aliphatic rings.